The van der Waals surface area contributed by atoms with Crippen LogP contribution in [0, 0.1) is 24.0 Å². The number of ketones is 1. The monoisotopic (exact) mass is 329 g/mol. The van der Waals surface area contributed by atoms with E-state index in [1.54, 1.807) is 6.07 Å². The number of Topliss-reactive ketones (excluding diaryl/α,β-unsaturated/α-hetero) is 1. The molecule has 0 bridgehead atoms. The summed E-state index contributed by atoms with van der Waals surface area (Å²) >= 11 is 0. The molecule has 0 fully saturated rings. The van der Waals surface area contributed by atoms with Gasteiger partial charge < -0.3 is 9.15 Å². The Kier molecular flexibility index (Phi) is 5.26. The highest BCUT2D eigenvalue weighted by molar-refractivity contribution is 6.00. The number of rotatable bonds is 6. The third-order valence-corrected chi connectivity index (χ3v) is 3.20. The molecule has 0 N–H and O–H groups in total. The van der Waals surface area contributed by atoms with Gasteiger partial charge in [-0.15, -0.1) is 0 Å². The third kappa shape index (κ3) is 4.39. The van der Waals surface area contributed by atoms with E-state index in [2.05, 4.69) is 0 Å². The van der Waals surface area contributed by atoms with E-state index < -0.39 is 16.8 Å². The minimum atomic E-state index is -0.743. The number of carbonyl (C=O) groups is 2. The van der Waals surface area contributed by atoms with Gasteiger partial charge in [-0.25, -0.2) is 4.79 Å². The molecule has 7 nitrogen and oxygen atoms in total. The zero-order valence-electron chi connectivity index (χ0n) is 13.1. The molecular weight excluding hydrogens is 314 g/mol. The quantitative estimate of drug-likeness (QED) is 0.265. The van der Waals surface area contributed by atoms with E-state index in [0.29, 0.717) is 5.56 Å². The van der Waals surface area contributed by atoms with Crippen LogP contribution in [0.5, 0.6) is 0 Å². The normalized spacial score (nSPS) is 10.8. The summed E-state index contributed by atoms with van der Waals surface area (Å²) in [6.07, 6.45) is 2.27. The molecule has 0 aliphatic rings. The molecule has 0 radical (unpaired) electrons. The lowest BCUT2D eigenvalue weighted by Gasteiger charge is -2.06. The molecule has 1 aromatic carbocycles. The van der Waals surface area contributed by atoms with Crippen molar-refractivity contribution in [3.63, 3.8) is 0 Å². The van der Waals surface area contributed by atoms with Gasteiger partial charge in [0.25, 0.3) is 0 Å². The molecule has 1 aromatic heterocycles. The molecular formula is C17H15NO6. The maximum absolute atomic E-state index is 12.0. The van der Waals surface area contributed by atoms with Gasteiger partial charge in [0.15, 0.2) is 6.61 Å². The topological polar surface area (TPSA) is 99.7 Å². The Hall–Kier alpha value is -3.22. The van der Waals surface area contributed by atoms with Crippen molar-refractivity contribution < 1.29 is 23.7 Å². The molecule has 24 heavy (non-hydrogen) atoms. The van der Waals surface area contributed by atoms with Gasteiger partial charge in [-0.3, -0.25) is 14.9 Å². The van der Waals surface area contributed by atoms with E-state index in [1.165, 1.54) is 18.2 Å². The van der Waals surface area contributed by atoms with E-state index in [-0.39, 0.29) is 18.2 Å². The average Bonchev–Trinajstić information content (AvgIpc) is 3.00. The number of nitro groups is 1. The van der Waals surface area contributed by atoms with Gasteiger partial charge in [-0.2, -0.15) is 0 Å². The van der Waals surface area contributed by atoms with Gasteiger partial charge >= 0.3 is 11.9 Å². The fourth-order valence-electron chi connectivity index (χ4n) is 2.07. The molecule has 0 aliphatic heterocycles. The Bertz CT molecular complexity index is 818. The number of esters is 1. The van der Waals surface area contributed by atoms with Crippen molar-refractivity contribution in [2.24, 2.45) is 0 Å². The first kappa shape index (κ1) is 17.1. The van der Waals surface area contributed by atoms with E-state index in [4.69, 9.17) is 9.15 Å². The second kappa shape index (κ2) is 7.36. The number of aryl methyl sites for hydroxylation is 2. The fraction of sp³-hybridized carbons (Fsp3) is 0.176. The molecule has 0 saturated heterocycles. The summed E-state index contributed by atoms with van der Waals surface area (Å²) < 4.78 is 9.73. The van der Waals surface area contributed by atoms with Crippen molar-refractivity contribution in [3.05, 3.63) is 69.0 Å². The third-order valence-electron chi connectivity index (χ3n) is 3.20. The minimum absolute atomic E-state index is 0.138. The smallest absolute Gasteiger partial charge is 0.433 e. The highest BCUT2D eigenvalue weighted by Gasteiger charge is 2.12. The molecule has 0 aliphatic carbocycles. The lowest BCUT2D eigenvalue weighted by molar-refractivity contribution is -0.402. The van der Waals surface area contributed by atoms with Crippen LogP contribution in [0.3, 0.4) is 0 Å². The Morgan fingerprint density at radius 2 is 2.00 bits per heavy atom. The lowest BCUT2D eigenvalue weighted by atomic mass is 10.0. The number of nitrogens with zero attached hydrogens (tertiary/aromatic N) is 1. The minimum Gasteiger partial charge on any atom is -0.454 e. The largest absolute Gasteiger partial charge is 0.454 e. The molecule has 0 amide bonds. The van der Waals surface area contributed by atoms with Crippen LogP contribution >= 0.6 is 0 Å². The van der Waals surface area contributed by atoms with Crippen LogP contribution in [-0.4, -0.2) is 23.3 Å². The van der Waals surface area contributed by atoms with Crippen molar-refractivity contribution >= 4 is 23.7 Å². The number of furan rings is 1. The lowest BCUT2D eigenvalue weighted by Crippen LogP contribution is -2.13. The second-order valence-corrected chi connectivity index (χ2v) is 5.12. The Labute approximate surface area is 137 Å². The van der Waals surface area contributed by atoms with Crippen molar-refractivity contribution in [2.75, 3.05) is 6.61 Å². The predicted octanol–water partition coefficient (Wildman–Crippen LogP) is 3.24. The first-order chi connectivity index (χ1) is 11.4. The van der Waals surface area contributed by atoms with Crippen LogP contribution in [0.2, 0.25) is 0 Å². The zero-order chi connectivity index (χ0) is 17.7. The molecule has 0 atom stereocenters. The number of benzene rings is 1. The molecule has 0 saturated carbocycles. The maximum Gasteiger partial charge on any atom is 0.433 e. The van der Waals surface area contributed by atoms with Gasteiger partial charge in [-0.1, -0.05) is 23.8 Å². The van der Waals surface area contributed by atoms with Gasteiger partial charge in [0.05, 0.1) is 6.07 Å². The summed E-state index contributed by atoms with van der Waals surface area (Å²) in [7, 11) is 0. The molecule has 2 rings (SSSR count). The van der Waals surface area contributed by atoms with Crippen LogP contribution in [-0.2, 0) is 9.53 Å². The van der Waals surface area contributed by atoms with E-state index in [9.17, 15) is 19.7 Å². The van der Waals surface area contributed by atoms with Crippen LogP contribution in [0.4, 0.5) is 5.88 Å². The summed E-state index contributed by atoms with van der Waals surface area (Å²) in [4.78, 5) is 33.4. The van der Waals surface area contributed by atoms with E-state index in [1.807, 2.05) is 26.0 Å². The number of ether oxygens (including phenoxy) is 1. The van der Waals surface area contributed by atoms with Gasteiger partial charge in [0.2, 0.25) is 5.78 Å². The standard InChI is InChI=1S/C17H15NO6/c1-11-3-6-14(12(2)9-11)15(19)10-23-17(20)8-5-13-4-7-16(24-13)18(21)22/h3-9H,10H2,1-2H3/b8-5+. The Balaban J connectivity index is 1.91. The summed E-state index contributed by atoms with van der Waals surface area (Å²) in [5.41, 5.74) is 2.35. The summed E-state index contributed by atoms with van der Waals surface area (Å²) in [6.45, 7) is 3.35. The molecule has 7 heteroatoms. The van der Waals surface area contributed by atoms with Crippen molar-refractivity contribution in [1.29, 1.82) is 0 Å². The molecule has 2 aromatic rings. The zero-order valence-corrected chi connectivity index (χ0v) is 13.1. The average molecular weight is 329 g/mol. The molecule has 0 unspecified atom stereocenters. The number of hydrogen-bond acceptors (Lipinski definition) is 6. The highest BCUT2D eigenvalue weighted by Crippen LogP contribution is 2.16. The van der Waals surface area contributed by atoms with Crippen LogP contribution < -0.4 is 0 Å². The Morgan fingerprint density at radius 3 is 2.62 bits per heavy atom. The summed E-state index contributed by atoms with van der Waals surface area (Å²) in [5, 5.41) is 10.5. The highest BCUT2D eigenvalue weighted by atomic mass is 16.6. The van der Waals surface area contributed by atoms with Crippen molar-refractivity contribution in [1.82, 2.24) is 0 Å². The van der Waals surface area contributed by atoms with Gasteiger partial charge in [0.1, 0.15) is 10.7 Å². The first-order valence-electron chi connectivity index (χ1n) is 7.06. The summed E-state index contributed by atoms with van der Waals surface area (Å²) in [5.74, 6) is -1.33. The fourth-order valence-corrected chi connectivity index (χ4v) is 2.07. The van der Waals surface area contributed by atoms with Crippen LogP contribution in [0.15, 0.2) is 40.8 Å². The van der Waals surface area contributed by atoms with Crippen LogP contribution in [0.25, 0.3) is 6.08 Å². The summed E-state index contributed by atoms with van der Waals surface area (Å²) in [6, 6.07) is 7.90. The van der Waals surface area contributed by atoms with Crippen molar-refractivity contribution in [3.8, 4) is 0 Å². The maximum atomic E-state index is 12.0. The number of hydrogen-bond donors (Lipinski definition) is 0. The SMILES string of the molecule is Cc1ccc(C(=O)COC(=O)/C=C/c2ccc([N+](=O)[O-])o2)c(C)c1. The van der Waals surface area contributed by atoms with Crippen LogP contribution in [0.1, 0.15) is 27.2 Å². The van der Waals surface area contributed by atoms with Crippen molar-refractivity contribution in [2.45, 2.75) is 13.8 Å². The first-order valence-corrected chi connectivity index (χ1v) is 7.06. The van der Waals surface area contributed by atoms with Gasteiger partial charge in [-0.05, 0) is 31.6 Å². The van der Waals surface area contributed by atoms with E-state index in [0.717, 1.165) is 17.2 Å². The van der Waals surface area contributed by atoms with Gasteiger partial charge in [0, 0.05) is 11.6 Å². The molecule has 1 heterocycles. The molecule has 0 spiro atoms. The predicted molar refractivity (Wildman–Crippen MR) is 85.6 cm³/mol. The molecule has 124 valence electrons. The Morgan fingerprint density at radius 1 is 1.25 bits per heavy atom. The second-order valence-electron chi connectivity index (χ2n) is 5.12. The van der Waals surface area contributed by atoms with E-state index >= 15 is 0 Å². The number of carbonyl (C=O) groups excluding carboxylic acids is 2.